The first-order valence-corrected chi connectivity index (χ1v) is 7.14. The minimum Gasteiger partial charge on any atom is -0.409 e. The highest BCUT2D eigenvalue weighted by molar-refractivity contribution is 6.01. The van der Waals surface area contributed by atoms with Gasteiger partial charge in [0.1, 0.15) is 0 Å². The number of oxime groups is 1. The summed E-state index contributed by atoms with van der Waals surface area (Å²) in [5.41, 5.74) is 6.69. The molecule has 1 aromatic rings. The number of nitrogens with zero attached hydrogens (tertiary/aromatic N) is 3. The highest BCUT2D eigenvalue weighted by Crippen LogP contribution is 2.15. The third-order valence-corrected chi connectivity index (χ3v) is 4.05. The van der Waals surface area contributed by atoms with Gasteiger partial charge in [-0.1, -0.05) is 24.2 Å². The zero-order valence-corrected chi connectivity index (χ0v) is 12.5. The number of benzene rings is 1. The van der Waals surface area contributed by atoms with Crippen molar-refractivity contribution in [3.63, 3.8) is 0 Å². The van der Waals surface area contributed by atoms with Gasteiger partial charge in [0, 0.05) is 36.8 Å². The number of nitrogens with two attached hydrogens (primary N) is 1. The Morgan fingerprint density at radius 3 is 2.81 bits per heavy atom. The summed E-state index contributed by atoms with van der Waals surface area (Å²) in [6.45, 7) is 4.47. The molecule has 1 heterocycles. The predicted molar refractivity (Wildman–Crippen MR) is 81.6 cm³/mol. The second-order valence-corrected chi connectivity index (χ2v) is 5.36. The Kier molecular flexibility index (Phi) is 4.80. The van der Waals surface area contributed by atoms with Gasteiger partial charge in [-0.05, 0) is 25.6 Å². The highest BCUT2D eigenvalue weighted by atomic mass is 16.4. The number of carbonyl (C=O) groups excluding carboxylic acids is 1. The molecular weight excluding hydrogens is 268 g/mol. The fraction of sp³-hybridized carbons (Fsp3) is 0.467. The molecule has 114 valence electrons. The van der Waals surface area contributed by atoms with Crippen LogP contribution in [0.1, 0.15) is 29.3 Å². The second kappa shape index (κ2) is 6.58. The van der Waals surface area contributed by atoms with Crippen molar-refractivity contribution < 1.29 is 10.0 Å². The highest BCUT2D eigenvalue weighted by Gasteiger charge is 2.26. The molecule has 1 fully saturated rings. The predicted octanol–water partition coefficient (Wildman–Crippen LogP) is 0.947. The van der Waals surface area contributed by atoms with Gasteiger partial charge in [0.2, 0.25) is 0 Å². The molecule has 2 rings (SSSR count). The summed E-state index contributed by atoms with van der Waals surface area (Å²) in [6.07, 6.45) is 1.02. The number of piperazine rings is 1. The van der Waals surface area contributed by atoms with Gasteiger partial charge in [0.15, 0.2) is 5.84 Å². The largest absolute Gasteiger partial charge is 0.409 e. The molecule has 1 aliphatic heterocycles. The number of hydrogen-bond acceptors (Lipinski definition) is 4. The molecule has 1 aliphatic rings. The molecule has 1 saturated heterocycles. The maximum absolute atomic E-state index is 12.6. The molecule has 1 amide bonds. The standard InChI is InChI=1S/C15H22N4O2/c1-3-13-10-19(8-7-18(13)2)15(20)12-6-4-5-11(9-12)14(16)17-21/h4-6,9,13,21H,3,7-8,10H2,1-2H3,(H2,16,17). The van der Waals surface area contributed by atoms with Gasteiger partial charge in [0.05, 0.1) is 0 Å². The van der Waals surface area contributed by atoms with E-state index in [1.807, 2.05) is 4.90 Å². The Balaban J connectivity index is 2.17. The molecule has 21 heavy (non-hydrogen) atoms. The van der Waals surface area contributed by atoms with Gasteiger partial charge in [-0.2, -0.15) is 0 Å². The molecular formula is C15H22N4O2. The summed E-state index contributed by atoms with van der Waals surface area (Å²) in [7, 11) is 2.09. The van der Waals surface area contributed by atoms with E-state index in [4.69, 9.17) is 10.9 Å². The first kappa shape index (κ1) is 15.3. The SMILES string of the molecule is CCC1CN(C(=O)c2cccc(C(N)=NO)c2)CCN1C. The van der Waals surface area contributed by atoms with Gasteiger partial charge in [-0.25, -0.2) is 0 Å². The monoisotopic (exact) mass is 290 g/mol. The normalized spacial score (nSPS) is 20.6. The van der Waals surface area contributed by atoms with Gasteiger partial charge in [-0.15, -0.1) is 0 Å². The molecule has 6 heteroatoms. The lowest BCUT2D eigenvalue weighted by Crippen LogP contribution is -2.53. The molecule has 0 saturated carbocycles. The second-order valence-electron chi connectivity index (χ2n) is 5.36. The quantitative estimate of drug-likeness (QED) is 0.376. The Morgan fingerprint density at radius 2 is 2.14 bits per heavy atom. The van der Waals surface area contributed by atoms with E-state index in [1.165, 1.54) is 0 Å². The maximum Gasteiger partial charge on any atom is 0.253 e. The molecule has 0 spiro atoms. The zero-order valence-electron chi connectivity index (χ0n) is 12.5. The lowest BCUT2D eigenvalue weighted by atomic mass is 10.1. The fourth-order valence-electron chi connectivity index (χ4n) is 2.62. The van der Waals surface area contributed by atoms with E-state index in [0.29, 0.717) is 17.2 Å². The van der Waals surface area contributed by atoms with Gasteiger partial charge >= 0.3 is 0 Å². The summed E-state index contributed by atoms with van der Waals surface area (Å²) in [5.74, 6) is 0.00334. The van der Waals surface area contributed by atoms with Crippen molar-refractivity contribution in [2.24, 2.45) is 10.9 Å². The van der Waals surface area contributed by atoms with Crippen molar-refractivity contribution in [2.75, 3.05) is 26.7 Å². The van der Waals surface area contributed by atoms with Crippen LogP contribution in [-0.4, -0.2) is 59.5 Å². The molecule has 0 radical (unpaired) electrons. The minimum absolute atomic E-state index is 0.00543. The van der Waals surface area contributed by atoms with Crippen molar-refractivity contribution in [1.82, 2.24) is 9.80 Å². The molecule has 1 atom stereocenters. The summed E-state index contributed by atoms with van der Waals surface area (Å²) in [5, 5.41) is 11.7. The Bertz CT molecular complexity index is 544. The number of hydrogen-bond donors (Lipinski definition) is 2. The van der Waals surface area contributed by atoms with E-state index >= 15 is 0 Å². The van der Waals surface area contributed by atoms with Gasteiger partial charge in [-0.3, -0.25) is 9.69 Å². The number of likely N-dealkylation sites (N-methyl/N-ethyl adjacent to an activating group) is 1. The van der Waals surface area contributed by atoms with Crippen LogP contribution in [0.4, 0.5) is 0 Å². The topological polar surface area (TPSA) is 82.2 Å². The third-order valence-electron chi connectivity index (χ3n) is 4.05. The summed E-state index contributed by atoms with van der Waals surface area (Å²) in [6, 6.07) is 7.28. The van der Waals surface area contributed by atoms with Crippen molar-refractivity contribution in [2.45, 2.75) is 19.4 Å². The van der Waals surface area contributed by atoms with E-state index in [2.05, 4.69) is 24.0 Å². The van der Waals surface area contributed by atoms with Crippen LogP contribution in [0.5, 0.6) is 0 Å². The first-order chi connectivity index (χ1) is 10.1. The lowest BCUT2D eigenvalue weighted by molar-refractivity contribution is 0.0542. The smallest absolute Gasteiger partial charge is 0.253 e. The van der Waals surface area contributed by atoms with Crippen molar-refractivity contribution >= 4 is 11.7 Å². The lowest BCUT2D eigenvalue weighted by Gasteiger charge is -2.39. The molecule has 1 aromatic carbocycles. The Labute approximate surface area is 124 Å². The van der Waals surface area contributed by atoms with Crippen molar-refractivity contribution in [3.05, 3.63) is 35.4 Å². The summed E-state index contributed by atoms with van der Waals surface area (Å²) < 4.78 is 0. The average molecular weight is 290 g/mol. The average Bonchev–Trinajstić information content (AvgIpc) is 2.54. The molecule has 0 aliphatic carbocycles. The van der Waals surface area contributed by atoms with E-state index in [1.54, 1.807) is 24.3 Å². The minimum atomic E-state index is -0.00543. The van der Waals surface area contributed by atoms with Crippen LogP contribution in [0.3, 0.4) is 0 Å². The molecule has 3 N–H and O–H groups in total. The molecule has 0 bridgehead atoms. The summed E-state index contributed by atoms with van der Waals surface area (Å²) >= 11 is 0. The van der Waals surface area contributed by atoms with Crippen LogP contribution >= 0.6 is 0 Å². The van der Waals surface area contributed by atoms with Crippen LogP contribution in [0.2, 0.25) is 0 Å². The molecule has 1 unspecified atom stereocenters. The van der Waals surface area contributed by atoms with Crippen LogP contribution in [0.15, 0.2) is 29.4 Å². The first-order valence-electron chi connectivity index (χ1n) is 7.14. The van der Waals surface area contributed by atoms with Crippen molar-refractivity contribution in [3.8, 4) is 0 Å². The molecule has 0 aromatic heterocycles. The van der Waals surface area contributed by atoms with Crippen LogP contribution in [0, 0.1) is 0 Å². The number of amides is 1. The van der Waals surface area contributed by atoms with E-state index in [9.17, 15) is 4.79 Å². The van der Waals surface area contributed by atoms with Gasteiger partial charge < -0.3 is 15.8 Å². The third kappa shape index (κ3) is 3.33. The van der Waals surface area contributed by atoms with E-state index < -0.39 is 0 Å². The number of carbonyl (C=O) groups is 1. The number of rotatable bonds is 3. The van der Waals surface area contributed by atoms with Crippen LogP contribution in [0.25, 0.3) is 0 Å². The van der Waals surface area contributed by atoms with Crippen molar-refractivity contribution in [1.29, 1.82) is 0 Å². The summed E-state index contributed by atoms with van der Waals surface area (Å²) in [4.78, 5) is 16.8. The van der Waals surface area contributed by atoms with Crippen LogP contribution < -0.4 is 5.73 Å². The number of amidine groups is 1. The van der Waals surface area contributed by atoms with E-state index in [0.717, 1.165) is 26.1 Å². The van der Waals surface area contributed by atoms with Gasteiger partial charge in [0.25, 0.3) is 5.91 Å². The fourth-order valence-corrected chi connectivity index (χ4v) is 2.62. The molecule has 6 nitrogen and oxygen atoms in total. The zero-order chi connectivity index (χ0) is 15.4. The van der Waals surface area contributed by atoms with Crippen LogP contribution in [-0.2, 0) is 0 Å². The Hall–Kier alpha value is -2.08. The maximum atomic E-state index is 12.6. The Morgan fingerprint density at radius 1 is 1.43 bits per heavy atom. The van der Waals surface area contributed by atoms with E-state index in [-0.39, 0.29) is 11.7 Å².